The molecule has 1 saturated heterocycles. The summed E-state index contributed by atoms with van der Waals surface area (Å²) in [4.78, 5) is 27.8. The van der Waals surface area contributed by atoms with Gasteiger partial charge in [-0.15, -0.1) is 0 Å². The summed E-state index contributed by atoms with van der Waals surface area (Å²) in [7, 11) is 4.45. The molecule has 32 heavy (non-hydrogen) atoms. The zero-order valence-corrected chi connectivity index (χ0v) is 18.1. The van der Waals surface area contributed by atoms with Crippen molar-refractivity contribution in [3.8, 4) is 17.2 Å². The fourth-order valence-electron chi connectivity index (χ4n) is 4.23. The Morgan fingerprint density at radius 2 is 1.91 bits per heavy atom. The van der Waals surface area contributed by atoms with Crippen LogP contribution in [0.3, 0.4) is 0 Å². The smallest absolute Gasteiger partial charge is 0.290 e. The average molecular weight is 443 g/mol. The predicted molar refractivity (Wildman–Crippen MR) is 112 cm³/mol. The van der Waals surface area contributed by atoms with E-state index >= 15 is 0 Å². The van der Waals surface area contributed by atoms with Gasteiger partial charge in [-0.05, 0) is 42.7 Å². The van der Waals surface area contributed by atoms with Crippen molar-refractivity contribution in [1.29, 1.82) is 0 Å². The monoisotopic (exact) mass is 443 g/mol. The molecule has 1 N–H and O–H groups in total. The van der Waals surface area contributed by atoms with E-state index in [4.69, 9.17) is 23.4 Å². The van der Waals surface area contributed by atoms with Gasteiger partial charge in [0.15, 0.2) is 23.0 Å². The number of Topliss-reactive ketones (excluding diaryl/α,β-unsaturated/α-hetero) is 1. The number of furan rings is 1. The van der Waals surface area contributed by atoms with E-state index in [9.17, 15) is 14.7 Å². The fraction of sp³-hybridized carbons (Fsp3) is 0.391. The normalized spacial score (nSPS) is 20.7. The van der Waals surface area contributed by atoms with Gasteiger partial charge in [-0.25, -0.2) is 0 Å². The largest absolute Gasteiger partial charge is 0.503 e. The number of carbonyl (C=O) groups excluding carboxylic acids is 2. The highest BCUT2D eigenvalue weighted by atomic mass is 16.5. The lowest BCUT2D eigenvalue weighted by Gasteiger charge is -2.29. The highest BCUT2D eigenvalue weighted by Crippen LogP contribution is 2.45. The van der Waals surface area contributed by atoms with Gasteiger partial charge in [-0.3, -0.25) is 9.59 Å². The van der Waals surface area contributed by atoms with E-state index in [-0.39, 0.29) is 24.0 Å². The second kappa shape index (κ2) is 8.96. The van der Waals surface area contributed by atoms with Crippen LogP contribution in [0, 0.1) is 0 Å². The first-order chi connectivity index (χ1) is 15.5. The lowest BCUT2D eigenvalue weighted by Crippen LogP contribution is -2.37. The number of ketones is 1. The van der Waals surface area contributed by atoms with Gasteiger partial charge in [0.25, 0.3) is 5.91 Å². The molecule has 170 valence electrons. The number of aliphatic hydroxyl groups excluding tert-OH is 1. The molecule has 0 radical (unpaired) electrons. The summed E-state index contributed by atoms with van der Waals surface area (Å²) in [5.41, 5.74) is 0.446. The van der Waals surface area contributed by atoms with Crippen LogP contribution in [0.1, 0.15) is 35.0 Å². The number of aliphatic hydroxyl groups is 1. The van der Waals surface area contributed by atoms with Gasteiger partial charge < -0.3 is 33.4 Å². The summed E-state index contributed by atoms with van der Waals surface area (Å²) >= 11 is 0. The summed E-state index contributed by atoms with van der Waals surface area (Å²) in [6.45, 7) is 0.832. The summed E-state index contributed by atoms with van der Waals surface area (Å²) in [6.07, 6.45) is 2.85. The van der Waals surface area contributed by atoms with Crippen molar-refractivity contribution in [3.63, 3.8) is 0 Å². The molecule has 0 spiro atoms. The number of nitrogens with zero attached hydrogens (tertiary/aromatic N) is 1. The maximum absolute atomic E-state index is 13.3. The third kappa shape index (κ3) is 3.69. The summed E-state index contributed by atoms with van der Waals surface area (Å²) in [5, 5.41) is 10.8. The topological polar surface area (TPSA) is 108 Å². The summed E-state index contributed by atoms with van der Waals surface area (Å²) < 4.78 is 27.3. The Kier molecular flexibility index (Phi) is 6.09. The van der Waals surface area contributed by atoms with Gasteiger partial charge in [0.2, 0.25) is 11.5 Å². The van der Waals surface area contributed by atoms with E-state index in [0.717, 1.165) is 12.8 Å². The molecule has 3 heterocycles. The third-order valence-electron chi connectivity index (χ3n) is 5.72. The second-order valence-electron chi connectivity index (χ2n) is 7.52. The van der Waals surface area contributed by atoms with Gasteiger partial charge in [0, 0.05) is 13.2 Å². The Morgan fingerprint density at radius 1 is 1.19 bits per heavy atom. The molecular weight excluding hydrogens is 418 g/mol. The van der Waals surface area contributed by atoms with Gasteiger partial charge in [-0.1, -0.05) is 0 Å². The SMILES string of the molecule is COc1cc(C2C(C(=O)c3ccco3)=C(O)C(=O)N2CC2CCCO2)cc(OC)c1OC. The number of carbonyl (C=O) groups is 2. The molecule has 9 nitrogen and oxygen atoms in total. The Balaban J connectivity index is 1.84. The van der Waals surface area contributed by atoms with Crippen molar-refractivity contribution < 1.29 is 38.1 Å². The van der Waals surface area contributed by atoms with Gasteiger partial charge in [0.05, 0.1) is 45.3 Å². The Morgan fingerprint density at radius 3 is 2.44 bits per heavy atom. The molecule has 2 atom stereocenters. The quantitative estimate of drug-likeness (QED) is 0.621. The Bertz CT molecular complexity index is 1010. The number of ether oxygens (including phenoxy) is 4. The van der Waals surface area contributed by atoms with E-state index in [1.165, 1.54) is 38.6 Å². The first-order valence-corrected chi connectivity index (χ1v) is 10.2. The highest BCUT2D eigenvalue weighted by molar-refractivity contribution is 6.15. The van der Waals surface area contributed by atoms with Crippen LogP contribution in [-0.2, 0) is 9.53 Å². The predicted octanol–water partition coefficient (Wildman–Crippen LogP) is 3.06. The second-order valence-corrected chi connectivity index (χ2v) is 7.52. The molecular formula is C23H25NO8. The van der Waals surface area contributed by atoms with E-state index in [1.54, 1.807) is 18.2 Å². The molecule has 2 unspecified atom stereocenters. The van der Waals surface area contributed by atoms with E-state index < -0.39 is 23.5 Å². The van der Waals surface area contributed by atoms with Crippen molar-refractivity contribution in [3.05, 3.63) is 53.2 Å². The minimum Gasteiger partial charge on any atom is -0.503 e. The number of amides is 1. The molecule has 0 aliphatic carbocycles. The summed E-state index contributed by atoms with van der Waals surface area (Å²) in [5.74, 6) is -0.700. The van der Waals surface area contributed by atoms with Gasteiger partial charge >= 0.3 is 0 Å². The maximum Gasteiger partial charge on any atom is 0.290 e. The number of methoxy groups -OCH3 is 3. The lowest BCUT2D eigenvalue weighted by atomic mass is 9.94. The first-order valence-electron chi connectivity index (χ1n) is 10.2. The first kappa shape index (κ1) is 21.8. The molecule has 0 bridgehead atoms. The van der Waals surface area contributed by atoms with Crippen LogP contribution in [0.15, 0.2) is 46.3 Å². The van der Waals surface area contributed by atoms with Crippen LogP contribution in [0.25, 0.3) is 0 Å². The van der Waals surface area contributed by atoms with Crippen LogP contribution in [-0.4, -0.2) is 62.3 Å². The van der Waals surface area contributed by atoms with Crippen molar-refractivity contribution in [2.24, 2.45) is 0 Å². The highest BCUT2D eigenvalue weighted by Gasteiger charge is 2.46. The van der Waals surface area contributed by atoms with Gasteiger partial charge in [0.1, 0.15) is 0 Å². The van der Waals surface area contributed by atoms with Crippen LogP contribution in [0.5, 0.6) is 17.2 Å². The lowest BCUT2D eigenvalue weighted by molar-refractivity contribution is -0.131. The standard InChI is InChI=1S/C23H25NO8/c1-28-16-10-13(11-17(29-2)22(16)30-3)19-18(20(25)15-7-5-9-32-15)21(26)23(27)24(19)12-14-6-4-8-31-14/h5,7,9-11,14,19,26H,4,6,8,12H2,1-3H3. The van der Waals surface area contributed by atoms with Crippen molar-refractivity contribution in [1.82, 2.24) is 4.90 Å². The van der Waals surface area contributed by atoms with Crippen LogP contribution < -0.4 is 14.2 Å². The molecule has 2 aliphatic rings. The minimum absolute atomic E-state index is 0.0239. The van der Waals surface area contributed by atoms with Crippen LogP contribution >= 0.6 is 0 Å². The van der Waals surface area contributed by atoms with Crippen LogP contribution in [0.4, 0.5) is 0 Å². The molecule has 2 aromatic rings. The molecule has 1 amide bonds. The minimum atomic E-state index is -0.891. The molecule has 0 saturated carbocycles. The van der Waals surface area contributed by atoms with Gasteiger partial charge in [-0.2, -0.15) is 0 Å². The summed E-state index contributed by atoms with van der Waals surface area (Å²) in [6, 6.07) is 5.49. The third-order valence-corrected chi connectivity index (χ3v) is 5.72. The van der Waals surface area contributed by atoms with Crippen molar-refractivity contribution >= 4 is 11.7 Å². The number of hydrogen-bond donors (Lipinski definition) is 1. The Hall–Kier alpha value is -3.46. The average Bonchev–Trinajstić information content (AvgIpc) is 3.57. The number of benzene rings is 1. The van der Waals surface area contributed by atoms with E-state index in [1.807, 2.05) is 0 Å². The zero-order valence-electron chi connectivity index (χ0n) is 18.1. The van der Waals surface area contributed by atoms with E-state index in [2.05, 4.69) is 0 Å². The molecule has 1 aromatic carbocycles. The molecule has 1 fully saturated rings. The molecule has 4 rings (SSSR count). The number of hydrogen-bond acceptors (Lipinski definition) is 8. The fourth-order valence-corrected chi connectivity index (χ4v) is 4.23. The molecule has 1 aromatic heterocycles. The molecule has 2 aliphatic heterocycles. The van der Waals surface area contributed by atoms with Crippen LogP contribution in [0.2, 0.25) is 0 Å². The van der Waals surface area contributed by atoms with Crippen molar-refractivity contribution in [2.75, 3.05) is 34.5 Å². The number of rotatable bonds is 8. The molecule has 9 heteroatoms. The zero-order chi connectivity index (χ0) is 22.8. The maximum atomic E-state index is 13.3. The van der Waals surface area contributed by atoms with Crippen molar-refractivity contribution in [2.45, 2.75) is 25.0 Å². The van der Waals surface area contributed by atoms with E-state index in [0.29, 0.717) is 29.4 Å². The Labute approximate surface area is 185 Å².